The lowest BCUT2D eigenvalue weighted by molar-refractivity contribution is -0.142. The van der Waals surface area contributed by atoms with Crippen LogP contribution in [0.15, 0.2) is 12.7 Å². The van der Waals surface area contributed by atoms with Gasteiger partial charge in [-0.2, -0.15) is 5.10 Å². The molecule has 18 heavy (non-hydrogen) atoms. The summed E-state index contributed by atoms with van der Waals surface area (Å²) in [6.07, 6.45) is 6.27. The highest BCUT2D eigenvalue weighted by Crippen LogP contribution is 2.27. The average Bonchev–Trinajstić information content (AvgIpc) is 2.92. The highest BCUT2D eigenvalue weighted by atomic mass is 16.2. The molecule has 1 aromatic heterocycles. The molecule has 1 atom stereocenters. The Morgan fingerprint density at radius 3 is 2.89 bits per heavy atom. The number of carbonyl (C=O) groups is 1. The Morgan fingerprint density at radius 2 is 2.28 bits per heavy atom. The Balaban J connectivity index is 2.05. The van der Waals surface area contributed by atoms with Crippen LogP contribution in [-0.2, 0) is 4.79 Å². The molecule has 1 saturated heterocycles. The van der Waals surface area contributed by atoms with Crippen LogP contribution < -0.4 is 0 Å². The fourth-order valence-electron chi connectivity index (χ4n) is 2.34. The van der Waals surface area contributed by atoms with Gasteiger partial charge in [0.15, 0.2) is 0 Å². The summed E-state index contributed by atoms with van der Waals surface area (Å²) < 4.78 is 1.87. The van der Waals surface area contributed by atoms with Crippen molar-refractivity contribution in [2.45, 2.75) is 46.1 Å². The monoisotopic (exact) mass is 250 g/mol. The predicted molar refractivity (Wildman–Crippen MR) is 68.9 cm³/mol. The van der Waals surface area contributed by atoms with Crippen molar-refractivity contribution in [2.75, 3.05) is 13.1 Å². The second-order valence-corrected chi connectivity index (χ2v) is 5.66. The Bertz CT molecular complexity index is 399. The number of amides is 1. The standard InChI is InChI=1S/C13H22N4O/c1-4-13(2,3)12(18)16-7-5-6-11(8-16)17-10-14-9-15-17/h9-11H,4-8H2,1-3H3. The summed E-state index contributed by atoms with van der Waals surface area (Å²) in [6.45, 7) is 7.73. The summed E-state index contributed by atoms with van der Waals surface area (Å²) in [5.41, 5.74) is -0.260. The van der Waals surface area contributed by atoms with Gasteiger partial charge in [-0.1, -0.05) is 20.8 Å². The number of hydrogen-bond donors (Lipinski definition) is 0. The predicted octanol–water partition coefficient (Wildman–Crippen LogP) is 1.88. The number of piperidine rings is 1. The van der Waals surface area contributed by atoms with E-state index in [0.717, 1.165) is 32.4 Å². The molecule has 0 saturated carbocycles. The Labute approximate surface area is 108 Å². The molecule has 1 amide bonds. The first kappa shape index (κ1) is 13.1. The van der Waals surface area contributed by atoms with Crippen molar-refractivity contribution >= 4 is 5.91 Å². The highest BCUT2D eigenvalue weighted by molar-refractivity contribution is 5.82. The average molecular weight is 250 g/mol. The molecule has 2 heterocycles. The van der Waals surface area contributed by atoms with E-state index in [9.17, 15) is 4.79 Å². The molecule has 1 aliphatic heterocycles. The van der Waals surface area contributed by atoms with Gasteiger partial charge in [0.2, 0.25) is 5.91 Å². The molecular formula is C13H22N4O. The molecule has 0 aliphatic carbocycles. The summed E-state index contributed by atoms with van der Waals surface area (Å²) in [5, 5.41) is 4.18. The largest absolute Gasteiger partial charge is 0.340 e. The summed E-state index contributed by atoms with van der Waals surface area (Å²) >= 11 is 0. The van der Waals surface area contributed by atoms with Crippen LogP contribution in [0.2, 0.25) is 0 Å². The fraction of sp³-hybridized carbons (Fsp3) is 0.769. The normalized spacial score (nSPS) is 21.1. The van der Waals surface area contributed by atoms with E-state index in [0.29, 0.717) is 0 Å². The minimum absolute atomic E-state index is 0.259. The van der Waals surface area contributed by atoms with Gasteiger partial charge in [-0.25, -0.2) is 9.67 Å². The maximum Gasteiger partial charge on any atom is 0.228 e. The second kappa shape index (κ2) is 5.08. The van der Waals surface area contributed by atoms with Crippen LogP contribution in [0.3, 0.4) is 0 Å². The van der Waals surface area contributed by atoms with E-state index in [-0.39, 0.29) is 17.4 Å². The zero-order valence-electron chi connectivity index (χ0n) is 11.5. The van der Waals surface area contributed by atoms with Crippen molar-refractivity contribution < 1.29 is 4.79 Å². The zero-order valence-corrected chi connectivity index (χ0v) is 11.5. The van der Waals surface area contributed by atoms with E-state index in [1.807, 2.05) is 23.4 Å². The molecule has 1 unspecified atom stereocenters. The number of aromatic nitrogens is 3. The topological polar surface area (TPSA) is 51.0 Å². The van der Waals surface area contributed by atoms with Gasteiger partial charge in [-0.15, -0.1) is 0 Å². The molecular weight excluding hydrogens is 228 g/mol. The minimum Gasteiger partial charge on any atom is -0.340 e. The number of carbonyl (C=O) groups excluding carboxylic acids is 1. The van der Waals surface area contributed by atoms with E-state index in [1.54, 1.807) is 12.7 Å². The maximum atomic E-state index is 12.4. The lowest BCUT2D eigenvalue weighted by Crippen LogP contribution is -2.46. The summed E-state index contributed by atoms with van der Waals surface area (Å²) in [7, 11) is 0. The summed E-state index contributed by atoms with van der Waals surface area (Å²) in [5.74, 6) is 0.259. The third-order valence-corrected chi connectivity index (χ3v) is 3.96. The molecule has 1 fully saturated rings. The van der Waals surface area contributed by atoms with Crippen molar-refractivity contribution in [3.8, 4) is 0 Å². The first-order valence-electron chi connectivity index (χ1n) is 6.68. The lowest BCUT2D eigenvalue weighted by atomic mass is 9.87. The van der Waals surface area contributed by atoms with E-state index in [4.69, 9.17) is 0 Å². The number of hydrogen-bond acceptors (Lipinski definition) is 3. The minimum atomic E-state index is -0.260. The molecule has 0 N–H and O–H groups in total. The third kappa shape index (κ3) is 2.54. The quantitative estimate of drug-likeness (QED) is 0.823. The van der Waals surface area contributed by atoms with Crippen molar-refractivity contribution in [3.05, 3.63) is 12.7 Å². The number of nitrogens with zero attached hydrogens (tertiary/aromatic N) is 4. The molecule has 5 nitrogen and oxygen atoms in total. The molecule has 2 rings (SSSR count). The Morgan fingerprint density at radius 1 is 1.50 bits per heavy atom. The van der Waals surface area contributed by atoms with E-state index in [2.05, 4.69) is 17.0 Å². The van der Waals surface area contributed by atoms with Crippen LogP contribution >= 0.6 is 0 Å². The fourth-order valence-corrected chi connectivity index (χ4v) is 2.34. The van der Waals surface area contributed by atoms with Crippen LogP contribution in [-0.4, -0.2) is 38.7 Å². The first-order valence-corrected chi connectivity index (χ1v) is 6.68. The van der Waals surface area contributed by atoms with Gasteiger partial charge < -0.3 is 4.90 Å². The van der Waals surface area contributed by atoms with Gasteiger partial charge in [0.1, 0.15) is 12.7 Å². The summed E-state index contributed by atoms with van der Waals surface area (Å²) in [6, 6.07) is 0.276. The van der Waals surface area contributed by atoms with Crippen molar-refractivity contribution in [1.29, 1.82) is 0 Å². The molecule has 0 bridgehead atoms. The van der Waals surface area contributed by atoms with Crippen LogP contribution in [0.1, 0.15) is 46.1 Å². The van der Waals surface area contributed by atoms with Gasteiger partial charge in [-0.05, 0) is 19.3 Å². The van der Waals surface area contributed by atoms with E-state index in [1.165, 1.54) is 0 Å². The van der Waals surface area contributed by atoms with Gasteiger partial charge in [0.25, 0.3) is 0 Å². The third-order valence-electron chi connectivity index (χ3n) is 3.96. The van der Waals surface area contributed by atoms with Crippen LogP contribution in [0.4, 0.5) is 0 Å². The molecule has 100 valence electrons. The molecule has 0 aromatic carbocycles. The van der Waals surface area contributed by atoms with Gasteiger partial charge in [0, 0.05) is 18.5 Å². The highest BCUT2D eigenvalue weighted by Gasteiger charge is 2.33. The Kier molecular flexibility index (Phi) is 3.68. The van der Waals surface area contributed by atoms with E-state index < -0.39 is 0 Å². The van der Waals surface area contributed by atoms with Gasteiger partial charge in [0.05, 0.1) is 6.04 Å². The number of likely N-dealkylation sites (tertiary alicyclic amines) is 1. The van der Waals surface area contributed by atoms with Crippen LogP contribution in [0, 0.1) is 5.41 Å². The van der Waals surface area contributed by atoms with Gasteiger partial charge >= 0.3 is 0 Å². The van der Waals surface area contributed by atoms with Crippen molar-refractivity contribution in [3.63, 3.8) is 0 Å². The van der Waals surface area contributed by atoms with Crippen LogP contribution in [0.5, 0.6) is 0 Å². The zero-order chi connectivity index (χ0) is 13.2. The second-order valence-electron chi connectivity index (χ2n) is 5.66. The summed E-state index contributed by atoms with van der Waals surface area (Å²) in [4.78, 5) is 18.4. The van der Waals surface area contributed by atoms with Crippen LogP contribution in [0.25, 0.3) is 0 Å². The van der Waals surface area contributed by atoms with E-state index >= 15 is 0 Å². The first-order chi connectivity index (χ1) is 8.54. The van der Waals surface area contributed by atoms with Crippen molar-refractivity contribution in [2.24, 2.45) is 5.41 Å². The molecule has 0 radical (unpaired) electrons. The molecule has 0 spiro atoms. The Hall–Kier alpha value is -1.39. The number of rotatable bonds is 3. The molecule has 5 heteroatoms. The molecule has 1 aromatic rings. The smallest absolute Gasteiger partial charge is 0.228 e. The maximum absolute atomic E-state index is 12.4. The van der Waals surface area contributed by atoms with Crippen molar-refractivity contribution in [1.82, 2.24) is 19.7 Å². The SMILES string of the molecule is CCC(C)(C)C(=O)N1CCCC(n2cncn2)C1. The lowest BCUT2D eigenvalue weighted by Gasteiger charge is -2.37. The van der Waals surface area contributed by atoms with Gasteiger partial charge in [-0.3, -0.25) is 4.79 Å². The molecule has 1 aliphatic rings.